The Morgan fingerprint density at radius 1 is 1.33 bits per heavy atom. The van der Waals surface area contributed by atoms with Gasteiger partial charge in [0.1, 0.15) is 0 Å². The molecule has 24 heavy (non-hydrogen) atoms. The number of urea groups is 1. The zero-order chi connectivity index (χ0) is 17.4. The van der Waals surface area contributed by atoms with Gasteiger partial charge in [0.2, 0.25) is 5.89 Å². The first kappa shape index (κ1) is 17.9. The number of nitrogens with one attached hydrogen (secondary N) is 2. The van der Waals surface area contributed by atoms with Crippen molar-refractivity contribution in [3.05, 3.63) is 47.6 Å². The Balaban J connectivity index is 1.82. The lowest BCUT2D eigenvalue weighted by atomic mass is 10.1. The zero-order valence-electron chi connectivity index (χ0n) is 14.0. The molecular weight excluding hydrogens is 308 g/mol. The molecule has 0 saturated heterocycles. The molecule has 7 heteroatoms. The van der Waals surface area contributed by atoms with E-state index in [9.17, 15) is 9.90 Å². The molecule has 0 saturated carbocycles. The van der Waals surface area contributed by atoms with Gasteiger partial charge in [-0.1, -0.05) is 48.8 Å². The summed E-state index contributed by atoms with van der Waals surface area (Å²) in [5.41, 5.74) is 1.08. The molecule has 130 valence electrons. The Hall–Kier alpha value is -2.41. The van der Waals surface area contributed by atoms with Crippen LogP contribution in [-0.4, -0.2) is 33.9 Å². The quantitative estimate of drug-likeness (QED) is 0.688. The van der Waals surface area contributed by atoms with Gasteiger partial charge in [0.05, 0.1) is 18.6 Å². The van der Waals surface area contributed by atoms with Crippen molar-refractivity contribution < 1.29 is 14.4 Å². The average molecular weight is 332 g/mol. The predicted molar refractivity (Wildman–Crippen MR) is 89.4 cm³/mol. The predicted octanol–water partition coefficient (Wildman–Crippen LogP) is 2.18. The van der Waals surface area contributed by atoms with Crippen molar-refractivity contribution in [2.75, 3.05) is 6.54 Å². The van der Waals surface area contributed by atoms with Crippen LogP contribution in [-0.2, 0) is 6.42 Å². The highest BCUT2D eigenvalue weighted by Crippen LogP contribution is 2.11. The van der Waals surface area contributed by atoms with E-state index in [0.29, 0.717) is 24.6 Å². The van der Waals surface area contributed by atoms with Gasteiger partial charge in [0, 0.05) is 6.54 Å². The molecule has 2 rings (SSSR count). The molecule has 0 aliphatic heterocycles. The molecule has 2 aromatic rings. The molecule has 1 aromatic carbocycles. The Bertz CT molecular complexity index is 630. The zero-order valence-corrected chi connectivity index (χ0v) is 14.0. The fourth-order valence-corrected chi connectivity index (χ4v) is 2.24. The summed E-state index contributed by atoms with van der Waals surface area (Å²) in [6, 6.07) is 9.07. The molecule has 2 atom stereocenters. The van der Waals surface area contributed by atoms with Crippen LogP contribution >= 0.6 is 0 Å². The van der Waals surface area contributed by atoms with E-state index in [4.69, 9.17) is 4.52 Å². The first-order chi connectivity index (χ1) is 11.6. The van der Waals surface area contributed by atoms with Crippen molar-refractivity contribution in [3.8, 4) is 0 Å². The van der Waals surface area contributed by atoms with Crippen LogP contribution in [0.2, 0.25) is 0 Å². The Morgan fingerprint density at radius 3 is 2.79 bits per heavy atom. The molecule has 3 N–H and O–H groups in total. The van der Waals surface area contributed by atoms with Crippen LogP contribution in [0.25, 0.3) is 0 Å². The molecular formula is C17H24N4O3. The number of hydrogen-bond acceptors (Lipinski definition) is 5. The number of rotatable bonds is 8. The fraction of sp³-hybridized carbons (Fsp3) is 0.471. The first-order valence-electron chi connectivity index (χ1n) is 8.17. The van der Waals surface area contributed by atoms with Gasteiger partial charge in [-0.25, -0.2) is 4.79 Å². The summed E-state index contributed by atoms with van der Waals surface area (Å²) in [6.07, 6.45) is 1.55. The van der Waals surface area contributed by atoms with Gasteiger partial charge in [0.25, 0.3) is 0 Å². The highest BCUT2D eigenvalue weighted by atomic mass is 16.5. The summed E-state index contributed by atoms with van der Waals surface area (Å²) in [7, 11) is 0. The summed E-state index contributed by atoms with van der Waals surface area (Å²) in [5.74, 6) is 0.925. The summed E-state index contributed by atoms with van der Waals surface area (Å²) in [6.45, 7) is 3.98. The monoisotopic (exact) mass is 332 g/mol. The molecule has 0 aliphatic rings. The third-order valence-electron chi connectivity index (χ3n) is 3.54. The van der Waals surface area contributed by atoms with Crippen LogP contribution in [0, 0.1) is 0 Å². The second kappa shape index (κ2) is 9.02. The number of amides is 2. The summed E-state index contributed by atoms with van der Waals surface area (Å²) in [5, 5.41) is 18.9. The van der Waals surface area contributed by atoms with Gasteiger partial charge in [0.15, 0.2) is 5.82 Å². The van der Waals surface area contributed by atoms with E-state index < -0.39 is 6.10 Å². The van der Waals surface area contributed by atoms with Crippen LogP contribution in [0.1, 0.15) is 50.0 Å². The molecule has 2 unspecified atom stereocenters. The van der Waals surface area contributed by atoms with Crippen LogP contribution in [0.3, 0.4) is 0 Å². The Labute approximate surface area is 141 Å². The molecule has 7 nitrogen and oxygen atoms in total. The maximum absolute atomic E-state index is 11.8. The van der Waals surface area contributed by atoms with E-state index in [1.54, 1.807) is 6.92 Å². The molecule has 1 aromatic heterocycles. The van der Waals surface area contributed by atoms with Crippen molar-refractivity contribution in [3.63, 3.8) is 0 Å². The number of nitrogens with zero attached hydrogens (tertiary/aromatic N) is 2. The first-order valence-corrected chi connectivity index (χ1v) is 8.17. The fourth-order valence-electron chi connectivity index (χ4n) is 2.24. The standard InChI is InChI=1S/C17H24N4O3/c1-3-7-14(22)11-18-17(23)19-12(2)16-20-15(24-21-16)10-13-8-5-4-6-9-13/h4-6,8-9,12,14,22H,3,7,10-11H2,1-2H3,(H2,18,19,23). The van der Waals surface area contributed by atoms with E-state index in [1.807, 2.05) is 37.3 Å². The number of aliphatic hydroxyl groups is 1. The highest BCUT2D eigenvalue weighted by molar-refractivity contribution is 5.74. The summed E-state index contributed by atoms with van der Waals surface area (Å²) >= 11 is 0. The van der Waals surface area contributed by atoms with E-state index in [0.717, 1.165) is 12.0 Å². The molecule has 0 fully saturated rings. The van der Waals surface area contributed by atoms with Gasteiger partial charge in [-0.05, 0) is 18.9 Å². The summed E-state index contributed by atoms with van der Waals surface area (Å²) in [4.78, 5) is 16.1. The lowest BCUT2D eigenvalue weighted by molar-refractivity contribution is 0.160. The molecule has 0 spiro atoms. The Morgan fingerprint density at radius 2 is 2.08 bits per heavy atom. The largest absolute Gasteiger partial charge is 0.391 e. The van der Waals surface area contributed by atoms with Crippen LogP contribution in [0.4, 0.5) is 4.79 Å². The van der Waals surface area contributed by atoms with Crippen LogP contribution < -0.4 is 10.6 Å². The van der Waals surface area contributed by atoms with Crippen LogP contribution in [0.5, 0.6) is 0 Å². The van der Waals surface area contributed by atoms with Crippen molar-refractivity contribution in [1.29, 1.82) is 0 Å². The second-order valence-electron chi connectivity index (χ2n) is 5.73. The SMILES string of the molecule is CCCC(O)CNC(=O)NC(C)c1noc(Cc2ccccc2)n1. The number of aromatic nitrogens is 2. The lowest BCUT2D eigenvalue weighted by Crippen LogP contribution is -2.41. The van der Waals surface area contributed by atoms with Crippen molar-refractivity contribution >= 4 is 6.03 Å². The number of benzene rings is 1. The lowest BCUT2D eigenvalue weighted by Gasteiger charge is -2.13. The molecule has 1 heterocycles. The minimum absolute atomic E-state index is 0.220. The number of hydrogen-bond donors (Lipinski definition) is 3. The number of carbonyl (C=O) groups is 1. The smallest absolute Gasteiger partial charge is 0.315 e. The van der Waals surface area contributed by atoms with Crippen molar-refractivity contribution in [2.45, 2.75) is 45.3 Å². The van der Waals surface area contributed by atoms with E-state index >= 15 is 0 Å². The maximum Gasteiger partial charge on any atom is 0.315 e. The van der Waals surface area contributed by atoms with Gasteiger partial charge < -0.3 is 20.3 Å². The van der Waals surface area contributed by atoms with Gasteiger partial charge >= 0.3 is 6.03 Å². The topological polar surface area (TPSA) is 100 Å². The van der Waals surface area contributed by atoms with Crippen molar-refractivity contribution in [2.24, 2.45) is 0 Å². The minimum atomic E-state index is -0.529. The van der Waals surface area contributed by atoms with E-state index in [1.165, 1.54) is 0 Å². The van der Waals surface area contributed by atoms with E-state index in [-0.39, 0.29) is 18.6 Å². The average Bonchev–Trinajstić information content (AvgIpc) is 3.03. The van der Waals surface area contributed by atoms with E-state index in [2.05, 4.69) is 20.8 Å². The van der Waals surface area contributed by atoms with Gasteiger partial charge in [-0.2, -0.15) is 4.98 Å². The van der Waals surface area contributed by atoms with Gasteiger partial charge in [-0.3, -0.25) is 0 Å². The Kier molecular flexibility index (Phi) is 6.74. The minimum Gasteiger partial charge on any atom is -0.391 e. The summed E-state index contributed by atoms with van der Waals surface area (Å²) < 4.78 is 5.23. The number of aliphatic hydroxyl groups excluding tert-OH is 1. The molecule has 0 radical (unpaired) electrons. The molecule has 2 amide bonds. The molecule has 0 aliphatic carbocycles. The van der Waals surface area contributed by atoms with Crippen LogP contribution in [0.15, 0.2) is 34.9 Å². The van der Waals surface area contributed by atoms with Gasteiger partial charge in [-0.15, -0.1) is 0 Å². The molecule has 0 bridgehead atoms. The maximum atomic E-state index is 11.8. The van der Waals surface area contributed by atoms with Crippen molar-refractivity contribution in [1.82, 2.24) is 20.8 Å². The number of carbonyl (C=O) groups excluding carboxylic acids is 1. The third kappa shape index (κ3) is 5.66. The normalized spacial score (nSPS) is 13.3. The third-order valence-corrected chi connectivity index (χ3v) is 3.54. The highest BCUT2D eigenvalue weighted by Gasteiger charge is 2.16. The second-order valence-corrected chi connectivity index (χ2v) is 5.73.